The number of rotatable bonds is 8. The second kappa shape index (κ2) is 10.4. The minimum Gasteiger partial charge on any atom is -0.395 e. The molecule has 0 heterocycles. The summed E-state index contributed by atoms with van der Waals surface area (Å²) in [7, 11) is 0. The van der Waals surface area contributed by atoms with Crippen molar-refractivity contribution in [3.63, 3.8) is 0 Å². The van der Waals surface area contributed by atoms with E-state index in [2.05, 4.69) is 25.5 Å². The van der Waals surface area contributed by atoms with Gasteiger partial charge in [-0.3, -0.25) is 24.0 Å². The van der Waals surface area contributed by atoms with Crippen LogP contribution in [0.4, 0.5) is 0 Å². The summed E-state index contributed by atoms with van der Waals surface area (Å²) in [6, 6.07) is 0. The first-order chi connectivity index (χ1) is 17.4. The minimum absolute atomic E-state index is 0.000514. The van der Waals surface area contributed by atoms with Crippen LogP contribution in [-0.2, 0) is 28.7 Å². The largest absolute Gasteiger partial charge is 0.395 e. The molecule has 0 aromatic carbocycles. The molecule has 4 aliphatic carbocycles. The molecular weight excluding hydrogens is 468 g/mol. The number of hydrogen-bond donors (Lipinski definition) is 0. The van der Waals surface area contributed by atoms with E-state index in [-0.39, 0.29) is 70.7 Å². The van der Waals surface area contributed by atoms with Crippen molar-refractivity contribution in [2.24, 2.45) is 64.1 Å². The monoisotopic (exact) mass is 514 g/mol. The molecule has 11 atom stereocenters. The van der Waals surface area contributed by atoms with Gasteiger partial charge >= 0.3 is 12.4 Å². The van der Waals surface area contributed by atoms with Crippen LogP contribution in [0.2, 0.25) is 0 Å². The zero-order chi connectivity index (χ0) is 27.3. The van der Waals surface area contributed by atoms with Crippen molar-refractivity contribution >= 4 is 29.8 Å². The van der Waals surface area contributed by atoms with E-state index in [4.69, 9.17) is 0 Å². The van der Waals surface area contributed by atoms with E-state index in [9.17, 15) is 24.0 Å². The number of hydrogen-bond acceptors (Lipinski definition) is 6. The first-order valence-corrected chi connectivity index (χ1v) is 14.5. The Kier molecular flexibility index (Phi) is 7.90. The summed E-state index contributed by atoms with van der Waals surface area (Å²) in [5.41, 5.74) is 0.0342. The maximum absolute atomic E-state index is 13.4. The molecule has 0 aromatic heterocycles. The van der Waals surface area contributed by atoms with Crippen LogP contribution in [0.25, 0.3) is 0 Å². The maximum Gasteiger partial charge on any atom is 0.313 e. The summed E-state index contributed by atoms with van der Waals surface area (Å²) in [5.74, 6) is 1.21. The van der Waals surface area contributed by atoms with Crippen LogP contribution < -0.4 is 0 Å². The first kappa shape index (κ1) is 28.2. The maximum atomic E-state index is 13.4. The molecule has 0 radical (unpaired) electrons. The highest BCUT2D eigenvalue weighted by Gasteiger charge is 2.66. The van der Waals surface area contributed by atoms with Crippen LogP contribution in [0, 0.1) is 64.1 Å². The molecule has 0 aliphatic heterocycles. The quantitative estimate of drug-likeness (QED) is 0.238. The number of ketones is 3. The number of carbonyl (C=O) groups is 5. The highest BCUT2D eigenvalue weighted by atomic mass is 16.6. The van der Waals surface area contributed by atoms with Crippen LogP contribution in [0.3, 0.4) is 0 Å². The molecule has 6 nitrogen and oxygen atoms in total. The summed E-state index contributed by atoms with van der Waals surface area (Å²) in [5, 5.41) is 0. The third-order valence-electron chi connectivity index (χ3n) is 12.1. The van der Waals surface area contributed by atoms with E-state index < -0.39 is 5.97 Å². The Hall–Kier alpha value is -1.85. The van der Waals surface area contributed by atoms with Gasteiger partial charge in [0.2, 0.25) is 0 Å². The van der Waals surface area contributed by atoms with Gasteiger partial charge < -0.3 is 4.74 Å². The third kappa shape index (κ3) is 4.65. The van der Waals surface area contributed by atoms with Crippen molar-refractivity contribution in [3.05, 3.63) is 0 Å². The van der Waals surface area contributed by atoms with Gasteiger partial charge in [-0.2, -0.15) is 0 Å². The summed E-state index contributed by atoms with van der Waals surface area (Å²) < 4.78 is 4.51. The van der Waals surface area contributed by atoms with Crippen molar-refractivity contribution in [2.75, 3.05) is 0 Å². The van der Waals surface area contributed by atoms with Gasteiger partial charge in [-0.15, -0.1) is 0 Å². The normalized spacial score (nSPS) is 43.5. The summed E-state index contributed by atoms with van der Waals surface area (Å²) in [6.45, 7) is 12.2. The molecule has 4 aliphatic rings. The fourth-order valence-electron chi connectivity index (χ4n) is 10.4. The molecule has 0 N–H and O–H groups in total. The molecule has 4 fully saturated rings. The number of ether oxygens (including phenoxy) is 1. The van der Waals surface area contributed by atoms with Crippen molar-refractivity contribution in [2.45, 2.75) is 99.3 Å². The minimum atomic E-state index is -0.474. The lowest BCUT2D eigenvalue weighted by Gasteiger charge is -2.65. The van der Waals surface area contributed by atoms with Crippen molar-refractivity contribution < 1.29 is 28.7 Å². The zero-order valence-corrected chi connectivity index (χ0v) is 23.6. The molecule has 206 valence electrons. The second-order valence-corrected chi connectivity index (χ2v) is 13.6. The fraction of sp³-hybridized carbons (Fsp3) is 0.839. The Morgan fingerprint density at radius 1 is 0.838 bits per heavy atom. The van der Waals surface area contributed by atoms with E-state index in [1.807, 2.05) is 0 Å². The number of Topliss-reactive ketones (excluding diaryl/α,β-unsaturated/α-hetero) is 3. The Bertz CT molecular complexity index is 955. The van der Waals surface area contributed by atoms with E-state index in [1.165, 1.54) is 0 Å². The van der Waals surface area contributed by atoms with Gasteiger partial charge in [0.1, 0.15) is 17.3 Å². The lowest BCUT2D eigenvalue weighted by molar-refractivity contribution is -0.184. The highest BCUT2D eigenvalue weighted by Crippen LogP contribution is 2.71. The predicted molar refractivity (Wildman–Crippen MR) is 139 cm³/mol. The lowest BCUT2D eigenvalue weighted by Crippen LogP contribution is -2.62. The Morgan fingerprint density at radius 3 is 2.05 bits per heavy atom. The molecule has 0 spiro atoms. The van der Waals surface area contributed by atoms with Gasteiger partial charge in [-0.1, -0.05) is 20.8 Å². The van der Waals surface area contributed by atoms with Crippen LogP contribution >= 0.6 is 0 Å². The van der Waals surface area contributed by atoms with Crippen LogP contribution in [0.5, 0.6) is 0 Å². The predicted octanol–water partition coefficient (Wildman–Crippen LogP) is 5.60. The van der Waals surface area contributed by atoms with Gasteiger partial charge in [0.05, 0.1) is 0 Å². The summed E-state index contributed by atoms with van der Waals surface area (Å²) in [6.07, 6.45) is 7.78. The molecule has 4 saturated carbocycles. The van der Waals surface area contributed by atoms with Gasteiger partial charge in [-0.05, 0) is 118 Å². The average Bonchev–Trinajstić information content (AvgIpc) is 3.18. The number of carbonyl (C=O) groups excluding carboxylic acids is 5. The Labute approximate surface area is 222 Å². The van der Waals surface area contributed by atoms with E-state index in [0.29, 0.717) is 30.1 Å². The van der Waals surface area contributed by atoms with Crippen molar-refractivity contribution in [1.29, 1.82) is 0 Å². The van der Waals surface area contributed by atoms with Crippen molar-refractivity contribution in [3.8, 4) is 0 Å². The number of fused-ring (bicyclic) bond motifs is 5. The molecule has 6 heteroatoms. The van der Waals surface area contributed by atoms with Gasteiger partial charge in [0, 0.05) is 24.2 Å². The van der Waals surface area contributed by atoms with Gasteiger partial charge in [0.25, 0.3) is 0 Å². The topological polar surface area (TPSA) is 94.6 Å². The Morgan fingerprint density at radius 2 is 1.46 bits per heavy atom. The third-order valence-corrected chi connectivity index (χ3v) is 12.1. The van der Waals surface area contributed by atoms with Crippen LogP contribution in [0.15, 0.2) is 0 Å². The average molecular weight is 515 g/mol. The standard InChI is InChI=1S/C31H46O6/c1-17(7-10-26(36)37-16-32)22-8-9-23-29-24(12-14-30(22,23)5)31(6)13-11-21(18(2)33)15-25(31)27(19(3)34)28(29)20(4)35/h16-17,21-25,27-29H,7-15H2,1-6H3/t17-,21-,22-,23+,24+,25-,27-,28-,29+,30-,31-/m1/s1. The SMILES string of the molecule is CC(=O)[C@@H]1CC[C@@]2(C)[C@H](C1)[C@@H](C(C)=O)[C@@H](C(C)=O)[C@@H]1[C@@H]2CC[C@]2(C)[C@@H]([C@H](C)CCC(=O)OC=O)CC[C@@H]12. The summed E-state index contributed by atoms with van der Waals surface area (Å²) >= 11 is 0. The second-order valence-electron chi connectivity index (χ2n) is 13.6. The molecule has 0 unspecified atom stereocenters. The Balaban J connectivity index is 1.67. The molecule has 0 saturated heterocycles. The molecule has 37 heavy (non-hydrogen) atoms. The molecule has 0 bridgehead atoms. The smallest absolute Gasteiger partial charge is 0.313 e. The summed E-state index contributed by atoms with van der Waals surface area (Å²) in [4.78, 5) is 61.4. The molecule has 0 aromatic rings. The molecule has 0 amide bonds. The number of esters is 1. The van der Waals surface area contributed by atoms with Crippen LogP contribution in [0.1, 0.15) is 99.3 Å². The molecule has 4 rings (SSSR count). The lowest BCUT2D eigenvalue weighted by atomic mass is 9.38. The van der Waals surface area contributed by atoms with Gasteiger partial charge in [0.15, 0.2) is 0 Å². The van der Waals surface area contributed by atoms with E-state index in [0.717, 1.165) is 44.9 Å². The van der Waals surface area contributed by atoms with Crippen LogP contribution in [-0.4, -0.2) is 29.8 Å². The first-order valence-electron chi connectivity index (χ1n) is 14.5. The zero-order valence-electron chi connectivity index (χ0n) is 23.6. The van der Waals surface area contributed by atoms with Crippen molar-refractivity contribution in [1.82, 2.24) is 0 Å². The molecular formula is C31H46O6. The van der Waals surface area contributed by atoms with Gasteiger partial charge in [-0.25, -0.2) is 0 Å². The highest BCUT2D eigenvalue weighted by molar-refractivity contribution is 5.88. The van der Waals surface area contributed by atoms with E-state index >= 15 is 0 Å². The van der Waals surface area contributed by atoms with E-state index in [1.54, 1.807) is 20.8 Å². The fourth-order valence-corrected chi connectivity index (χ4v) is 10.4.